The number of fused-ring (bicyclic) bond motifs is 8. The molecule has 1 saturated heterocycles. The van der Waals surface area contributed by atoms with Crippen LogP contribution in [-0.4, -0.2) is 73.9 Å². The van der Waals surface area contributed by atoms with E-state index in [1.807, 2.05) is 13.0 Å². The number of hydrogen-bond donors (Lipinski definition) is 3. The van der Waals surface area contributed by atoms with Crippen LogP contribution in [0.15, 0.2) is 48.5 Å². The van der Waals surface area contributed by atoms with Crippen molar-refractivity contribution in [2.24, 2.45) is 5.92 Å². The van der Waals surface area contributed by atoms with Gasteiger partial charge in [0.25, 0.3) is 0 Å². The molecule has 1 aliphatic heterocycles. The molecule has 270 valence electrons. The molecule has 3 aliphatic rings. The van der Waals surface area contributed by atoms with Crippen LogP contribution in [0, 0.1) is 5.92 Å². The summed E-state index contributed by atoms with van der Waals surface area (Å²) in [6.45, 7) is 7.06. The monoisotopic (exact) mass is 701 g/mol. The predicted octanol–water partition coefficient (Wildman–Crippen LogP) is 6.99. The number of imidazole rings is 2. The van der Waals surface area contributed by atoms with E-state index in [1.54, 1.807) is 4.90 Å². The summed E-state index contributed by atoms with van der Waals surface area (Å²) in [7, 11) is 1.27. The zero-order chi connectivity index (χ0) is 36.1. The Morgan fingerprint density at radius 2 is 1.83 bits per heavy atom. The van der Waals surface area contributed by atoms with Crippen LogP contribution in [-0.2, 0) is 39.3 Å². The first-order chi connectivity index (χ1) is 25.2. The minimum atomic E-state index is -0.635. The molecular formula is C41H47N7O4. The molecule has 11 nitrogen and oxygen atoms in total. The first-order valence-corrected chi connectivity index (χ1v) is 18.8. The van der Waals surface area contributed by atoms with Gasteiger partial charge >= 0.3 is 6.09 Å². The highest BCUT2D eigenvalue weighted by Gasteiger charge is 2.58. The summed E-state index contributed by atoms with van der Waals surface area (Å²) in [4.78, 5) is 58.8. The molecule has 3 aromatic carbocycles. The van der Waals surface area contributed by atoms with Crippen molar-refractivity contribution in [3.63, 3.8) is 0 Å². The topological polar surface area (TPSA) is 136 Å². The number of nitrogens with one attached hydrogen (secondary N) is 3. The van der Waals surface area contributed by atoms with Crippen molar-refractivity contribution in [3.05, 3.63) is 71.4 Å². The van der Waals surface area contributed by atoms with Gasteiger partial charge in [-0.15, -0.1) is 0 Å². The van der Waals surface area contributed by atoms with E-state index in [-0.39, 0.29) is 23.9 Å². The van der Waals surface area contributed by atoms with Crippen molar-refractivity contribution < 1.29 is 19.1 Å². The van der Waals surface area contributed by atoms with Gasteiger partial charge in [0, 0.05) is 30.0 Å². The highest BCUT2D eigenvalue weighted by atomic mass is 16.5. The quantitative estimate of drug-likeness (QED) is 0.144. The normalized spacial score (nSPS) is 20.3. The number of aryl methyl sites for hydroxylation is 2. The zero-order valence-electron chi connectivity index (χ0n) is 30.5. The Morgan fingerprint density at radius 3 is 2.63 bits per heavy atom. The smallest absolute Gasteiger partial charge is 0.407 e. The summed E-state index contributed by atoms with van der Waals surface area (Å²) in [6, 6.07) is 17.7. The van der Waals surface area contributed by atoms with Crippen molar-refractivity contribution in [2.45, 2.75) is 90.3 Å². The second kappa shape index (κ2) is 13.4. The van der Waals surface area contributed by atoms with E-state index in [4.69, 9.17) is 9.97 Å². The number of rotatable bonds is 10. The lowest BCUT2D eigenvalue weighted by atomic mass is 9.83. The molecule has 5 aromatic rings. The van der Waals surface area contributed by atoms with Crippen LogP contribution in [0.3, 0.4) is 0 Å². The van der Waals surface area contributed by atoms with Gasteiger partial charge in [-0.2, -0.15) is 0 Å². The molecule has 3 N–H and O–H groups in total. The third kappa shape index (κ3) is 5.70. The molecule has 1 unspecified atom stereocenters. The van der Waals surface area contributed by atoms with Crippen molar-refractivity contribution in [2.75, 3.05) is 20.2 Å². The summed E-state index contributed by atoms with van der Waals surface area (Å²) < 4.78 is 4.60. The Balaban J connectivity index is 1.04. The Hall–Kier alpha value is -5.19. The van der Waals surface area contributed by atoms with E-state index >= 15 is 0 Å². The van der Waals surface area contributed by atoms with Crippen LogP contribution in [0.25, 0.3) is 44.2 Å². The summed E-state index contributed by atoms with van der Waals surface area (Å²) in [5.41, 5.74) is 8.41. The maximum atomic E-state index is 13.4. The van der Waals surface area contributed by atoms with Crippen molar-refractivity contribution in [1.82, 2.24) is 35.1 Å². The lowest BCUT2D eigenvalue weighted by Gasteiger charge is -2.43. The molecule has 8 rings (SSSR count). The lowest BCUT2D eigenvalue weighted by Crippen LogP contribution is -2.52. The summed E-state index contributed by atoms with van der Waals surface area (Å²) in [5, 5.41) is 4.64. The van der Waals surface area contributed by atoms with Gasteiger partial charge in [0.15, 0.2) is 0 Å². The molecular weight excluding hydrogens is 654 g/mol. The van der Waals surface area contributed by atoms with Gasteiger partial charge < -0.3 is 29.8 Å². The third-order valence-corrected chi connectivity index (χ3v) is 11.7. The van der Waals surface area contributed by atoms with Crippen LogP contribution in [0.1, 0.15) is 82.2 Å². The number of amides is 3. The van der Waals surface area contributed by atoms with Gasteiger partial charge in [-0.1, -0.05) is 50.2 Å². The number of carbonyl (C=O) groups excluding carboxylic acids is 3. The highest BCUT2D eigenvalue weighted by molar-refractivity contribution is 6.05. The van der Waals surface area contributed by atoms with Crippen LogP contribution in [0.2, 0.25) is 0 Å². The molecule has 2 bridgehead atoms. The molecule has 2 aromatic heterocycles. The zero-order valence-corrected chi connectivity index (χ0v) is 30.5. The fourth-order valence-electron chi connectivity index (χ4n) is 9.10. The Morgan fingerprint density at radius 1 is 1.00 bits per heavy atom. The molecule has 3 atom stereocenters. The number of carbonyl (C=O) groups is 3. The molecule has 0 radical (unpaired) electrons. The van der Waals surface area contributed by atoms with Gasteiger partial charge in [-0.25, -0.2) is 14.8 Å². The number of H-pyrrole nitrogens is 2. The number of hydrogen-bond acceptors (Lipinski definition) is 6. The van der Waals surface area contributed by atoms with E-state index < -0.39 is 6.09 Å². The summed E-state index contributed by atoms with van der Waals surface area (Å²) in [5.74, 6) is 2.15. The molecule has 3 amide bonds. The minimum absolute atomic E-state index is 0.133. The fourth-order valence-corrected chi connectivity index (χ4v) is 9.10. The maximum absolute atomic E-state index is 13.4. The largest absolute Gasteiger partial charge is 0.453 e. The van der Waals surface area contributed by atoms with E-state index in [1.165, 1.54) is 23.8 Å². The fraction of sp³-hybridized carbons (Fsp3) is 0.439. The number of likely N-dealkylation sites (tertiary alicyclic amines) is 1. The SMILES string of the molecule is CCCC(=O)N1[C@@H]2CC[C@@H](C2)C1(C)c1nc2c([nH]1)-c1ccc(-c3ccc4c(ccc5nc(CN(CCC)C(=O)CNC(=O)OC)[nH]c54)c3)cc1CC2. The predicted molar refractivity (Wildman–Crippen MR) is 200 cm³/mol. The average Bonchev–Trinajstić information content (AvgIpc) is 3.96. The molecule has 2 aliphatic carbocycles. The average molecular weight is 702 g/mol. The number of ether oxygens (including phenoxy) is 1. The van der Waals surface area contributed by atoms with Gasteiger partial charge in [0.2, 0.25) is 11.8 Å². The van der Waals surface area contributed by atoms with Crippen molar-refractivity contribution >= 4 is 39.7 Å². The van der Waals surface area contributed by atoms with Crippen LogP contribution in [0.5, 0.6) is 0 Å². The number of methoxy groups -OCH3 is 1. The third-order valence-electron chi connectivity index (χ3n) is 11.7. The van der Waals surface area contributed by atoms with Gasteiger partial charge in [-0.05, 0) is 92.0 Å². The number of aromatic nitrogens is 4. The Kier molecular flexibility index (Phi) is 8.75. The Bertz CT molecular complexity index is 2200. The molecule has 11 heteroatoms. The molecule has 52 heavy (non-hydrogen) atoms. The first kappa shape index (κ1) is 33.9. The van der Waals surface area contributed by atoms with Crippen LogP contribution in [0.4, 0.5) is 4.79 Å². The number of nitrogens with zero attached hydrogens (tertiary/aromatic N) is 4. The molecule has 2 fully saturated rings. The summed E-state index contributed by atoms with van der Waals surface area (Å²) >= 11 is 0. The van der Waals surface area contributed by atoms with E-state index in [2.05, 4.69) is 81.2 Å². The molecule has 0 spiro atoms. The standard InChI is InChI=1S/C41H47N7O4/c1-5-7-35(49)48-29-13-12-28(21-29)41(48,3)39-44-33-17-11-27-20-25(9-15-31(27)38(33)46-39)24-8-14-30-26(19-24)10-16-32-37(30)45-34(43-32)23-47(18-6-2)36(50)22-42-40(51)52-4/h8-10,14-16,19-20,28-29H,5-7,11-13,17-18,21-23H2,1-4H3,(H,42,51)(H,43,45)(H,44,46)/t28-,29+,41?/m0/s1. The van der Waals surface area contributed by atoms with Gasteiger partial charge in [-0.3, -0.25) is 9.59 Å². The van der Waals surface area contributed by atoms with E-state index in [0.717, 1.165) is 89.5 Å². The van der Waals surface area contributed by atoms with Gasteiger partial charge in [0.1, 0.15) is 23.7 Å². The number of benzene rings is 3. The van der Waals surface area contributed by atoms with E-state index in [9.17, 15) is 14.4 Å². The van der Waals surface area contributed by atoms with Crippen molar-refractivity contribution in [3.8, 4) is 22.4 Å². The molecule has 1 saturated carbocycles. The number of piperidine rings is 1. The lowest BCUT2D eigenvalue weighted by molar-refractivity contribution is -0.141. The first-order valence-electron chi connectivity index (χ1n) is 18.8. The summed E-state index contributed by atoms with van der Waals surface area (Å²) in [6.07, 6.45) is 6.71. The van der Waals surface area contributed by atoms with Crippen LogP contribution >= 0.6 is 0 Å². The van der Waals surface area contributed by atoms with E-state index in [0.29, 0.717) is 37.3 Å². The second-order valence-electron chi connectivity index (χ2n) is 14.8. The highest BCUT2D eigenvalue weighted by Crippen LogP contribution is 2.54. The van der Waals surface area contributed by atoms with Crippen LogP contribution < -0.4 is 5.32 Å². The number of aromatic amines is 2. The van der Waals surface area contributed by atoms with Gasteiger partial charge in [0.05, 0.1) is 36.1 Å². The Labute approximate surface area is 303 Å². The van der Waals surface area contributed by atoms with Crippen molar-refractivity contribution in [1.29, 1.82) is 0 Å². The number of alkyl carbamates (subject to hydrolysis) is 1. The minimum Gasteiger partial charge on any atom is -0.453 e. The maximum Gasteiger partial charge on any atom is 0.407 e. The second-order valence-corrected chi connectivity index (χ2v) is 14.8. The molecule has 3 heterocycles.